The summed E-state index contributed by atoms with van der Waals surface area (Å²) in [5.41, 5.74) is 0.950. The number of carbonyl (C=O) groups is 3. The molecule has 0 atom stereocenters. The van der Waals surface area contributed by atoms with Gasteiger partial charge in [0.15, 0.2) is 4.34 Å². The molecule has 1 heterocycles. The second kappa shape index (κ2) is 10.2. The number of ether oxygens (including phenoxy) is 1. The number of benzene rings is 2. The number of anilines is 2. The van der Waals surface area contributed by atoms with Crippen molar-refractivity contribution in [2.24, 2.45) is 0 Å². The summed E-state index contributed by atoms with van der Waals surface area (Å²) in [6, 6.07) is 13.2. The summed E-state index contributed by atoms with van der Waals surface area (Å²) in [7, 11) is 1.27. The Bertz CT molecular complexity index is 1090. The van der Waals surface area contributed by atoms with Crippen LogP contribution in [0.3, 0.4) is 0 Å². The van der Waals surface area contributed by atoms with Gasteiger partial charge in [0.2, 0.25) is 11.0 Å². The van der Waals surface area contributed by atoms with E-state index in [-0.39, 0.29) is 17.2 Å². The van der Waals surface area contributed by atoms with E-state index in [2.05, 4.69) is 20.8 Å². The maximum absolute atomic E-state index is 12.3. The normalized spacial score (nSPS) is 10.3. The summed E-state index contributed by atoms with van der Waals surface area (Å²) >= 11 is 8.30. The summed E-state index contributed by atoms with van der Waals surface area (Å²) in [4.78, 5) is 36.3. The lowest BCUT2D eigenvalue weighted by Crippen LogP contribution is -2.17. The maximum Gasteiger partial charge on any atom is 0.339 e. The van der Waals surface area contributed by atoms with Gasteiger partial charge in [0.25, 0.3) is 5.91 Å². The summed E-state index contributed by atoms with van der Waals surface area (Å²) in [5.74, 6) is -1.22. The Hall–Kier alpha value is -2.95. The number of methoxy groups -OCH3 is 1. The van der Waals surface area contributed by atoms with Gasteiger partial charge in [0, 0.05) is 0 Å². The van der Waals surface area contributed by atoms with Crippen LogP contribution < -0.4 is 10.6 Å². The van der Waals surface area contributed by atoms with Crippen LogP contribution in [0.25, 0.3) is 0 Å². The lowest BCUT2D eigenvalue weighted by atomic mass is 10.2. The van der Waals surface area contributed by atoms with Gasteiger partial charge in [-0.25, -0.2) is 4.79 Å². The van der Waals surface area contributed by atoms with E-state index in [1.54, 1.807) is 48.5 Å². The topological polar surface area (TPSA) is 110 Å². The van der Waals surface area contributed by atoms with E-state index < -0.39 is 11.9 Å². The minimum absolute atomic E-state index is 0.0442. The molecule has 2 N–H and O–H groups in total. The van der Waals surface area contributed by atoms with Gasteiger partial charge in [0.05, 0.1) is 34.7 Å². The number of carbonyl (C=O) groups excluding carboxylic acids is 3. The van der Waals surface area contributed by atoms with Gasteiger partial charge in [-0.1, -0.05) is 59.0 Å². The monoisotopic (exact) mass is 462 g/mol. The molecule has 8 nitrogen and oxygen atoms in total. The second-order valence-electron chi connectivity index (χ2n) is 5.68. The van der Waals surface area contributed by atoms with Crippen LogP contribution in [0.15, 0.2) is 52.9 Å². The molecule has 0 spiro atoms. The average molecular weight is 463 g/mol. The molecule has 2 amide bonds. The molecule has 3 aromatic rings. The summed E-state index contributed by atoms with van der Waals surface area (Å²) in [5, 5.41) is 13.8. The summed E-state index contributed by atoms with van der Waals surface area (Å²) in [6.07, 6.45) is 0. The van der Waals surface area contributed by atoms with Crippen molar-refractivity contribution in [1.29, 1.82) is 0 Å². The summed E-state index contributed by atoms with van der Waals surface area (Å²) < 4.78 is 5.21. The number of esters is 1. The minimum atomic E-state index is -0.540. The Labute approximate surface area is 185 Å². The molecule has 1 aromatic heterocycles. The Kier molecular flexibility index (Phi) is 7.39. The molecule has 3 rings (SSSR count). The van der Waals surface area contributed by atoms with Crippen molar-refractivity contribution in [1.82, 2.24) is 10.2 Å². The van der Waals surface area contributed by atoms with Crippen LogP contribution in [0.1, 0.15) is 20.7 Å². The van der Waals surface area contributed by atoms with Crippen molar-refractivity contribution < 1.29 is 19.1 Å². The van der Waals surface area contributed by atoms with E-state index >= 15 is 0 Å². The fourth-order valence-corrected chi connectivity index (χ4v) is 4.09. The number of hydrogen-bond donors (Lipinski definition) is 2. The van der Waals surface area contributed by atoms with Crippen molar-refractivity contribution in [3.05, 3.63) is 64.7 Å². The first-order valence-electron chi connectivity index (χ1n) is 8.47. The van der Waals surface area contributed by atoms with Crippen molar-refractivity contribution >= 4 is 63.3 Å². The molecule has 0 fully saturated rings. The largest absolute Gasteiger partial charge is 0.465 e. The molecular formula is C19H15ClN4O4S2. The van der Waals surface area contributed by atoms with Crippen LogP contribution in [-0.4, -0.2) is 40.8 Å². The van der Waals surface area contributed by atoms with Crippen molar-refractivity contribution in [3.8, 4) is 0 Å². The zero-order chi connectivity index (χ0) is 21.5. The van der Waals surface area contributed by atoms with Crippen LogP contribution in [0.4, 0.5) is 10.8 Å². The van der Waals surface area contributed by atoms with E-state index in [0.717, 1.165) is 23.1 Å². The van der Waals surface area contributed by atoms with Crippen LogP contribution >= 0.6 is 34.7 Å². The van der Waals surface area contributed by atoms with E-state index in [9.17, 15) is 14.4 Å². The number of nitrogens with zero attached hydrogens (tertiary/aromatic N) is 2. The van der Waals surface area contributed by atoms with E-state index in [1.807, 2.05) is 0 Å². The highest BCUT2D eigenvalue weighted by molar-refractivity contribution is 8.01. The van der Waals surface area contributed by atoms with Gasteiger partial charge in [-0.15, -0.1) is 10.2 Å². The van der Waals surface area contributed by atoms with Gasteiger partial charge in [-0.05, 0) is 24.3 Å². The van der Waals surface area contributed by atoms with Crippen molar-refractivity contribution in [2.75, 3.05) is 23.5 Å². The molecule has 11 heteroatoms. The predicted octanol–water partition coefficient (Wildman–Crippen LogP) is 3.96. The molecule has 154 valence electrons. The zero-order valence-corrected chi connectivity index (χ0v) is 17.9. The molecular weight excluding hydrogens is 448 g/mol. The average Bonchev–Trinajstić information content (AvgIpc) is 3.19. The molecule has 0 aliphatic heterocycles. The fourth-order valence-electron chi connectivity index (χ4n) is 2.32. The molecule has 0 aliphatic rings. The van der Waals surface area contributed by atoms with Gasteiger partial charge < -0.3 is 10.1 Å². The van der Waals surface area contributed by atoms with Crippen molar-refractivity contribution in [2.45, 2.75) is 4.34 Å². The molecule has 30 heavy (non-hydrogen) atoms. The van der Waals surface area contributed by atoms with E-state index in [0.29, 0.717) is 25.7 Å². The zero-order valence-electron chi connectivity index (χ0n) is 15.5. The number of amides is 2. The highest BCUT2D eigenvalue weighted by Gasteiger charge is 2.16. The van der Waals surface area contributed by atoms with Crippen LogP contribution in [0, 0.1) is 0 Å². The minimum Gasteiger partial charge on any atom is -0.465 e. The number of halogens is 1. The van der Waals surface area contributed by atoms with Crippen LogP contribution in [-0.2, 0) is 9.53 Å². The number of hydrogen-bond acceptors (Lipinski definition) is 8. The molecule has 0 aliphatic carbocycles. The molecule has 0 unspecified atom stereocenters. The molecule has 0 radical (unpaired) electrons. The van der Waals surface area contributed by atoms with E-state index in [4.69, 9.17) is 16.3 Å². The maximum atomic E-state index is 12.3. The third kappa shape index (κ3) is 5.56. The Morgan fingerprint density at radius 1 is 1.03 bits per heavy atom. The van der Waals surface area contributed by atoms with Crippen molar-refractivity contribution in [3.63, 3.8) is 0 Å². The first kappa shape index (κ1) is 21.8. The second-order valence-corrected chi connectivity index (χ2v) is 8.29. The third-order valence-corrected chi connectivity index (χ3v) is 5.98. The number of aromatic nitrogens is 2. The van der Waals surface area contributed by atoms with Gasteiger partial charge in [-0.2, -0.15) is 0 Å². The molecule has 2 aromatic carbocycles. The lowest BCUT2D eigenvalue weighted by Gasteiger charge is -2.08. The summed E-state index contributed by atoms with van der Waals surface area (Å²) in [6.45, 7) is 0. The van der Waals surface area contributed by atoms with Gasteiger partial charge >= 0.3 is 5.97 Å². The molecule has 0 saturated carbocycles. The first-order valence-corrected chi connectivity index (χ1v) is 10.7. The highest BCUT2D eigenvalue weighted by Crippen LogP contribution is 2.27. The number of thioether (sulfide) groups is 1. The lowest BCUT2D eigenvalue weighted by molar-refractivity contribution is -0.113. The number of nitrogens with one attached hydrogen (secondary N) is 2. The standard InChI is InChI=1S/C19H15ClN4O4S2/c1-28-17(27)12-7-3-5-9-14(12)21-15(25)10-29-19-24-23-18(30-19)22-16(26)11-6-2-4-8-13(11)20/h2-9H,10H2,1H3,(H,21,25)(H,22,23,26). The fraction of sp³-hybridized carbons (Fsp3) is 0.105. The Balaban J connectivity index is 1.56. The van der Waals surface area contributed by atoms with Crippen LogP contribution in [0.2, 0.25) is 5.02 Å². The number of rotatable bonds is 7. The molecule has 0 saturated heterocycles. The number of para-hydroxylation sites is 1. The highest BCUT2D eigenvalue weighted by atomic mass is 35.5. The Morgan fingerprint density at radius 3 is 2.47 bits per heavy atom. The third-order valence-electron chi connectivity index (χ3n) is 3.68. The Morgan fingerprint density at radius 2 is 1.73 bits per heavy atom. The van der Waals surface area contributed by atoms with Crippen LogP contribution in [0.5, 0.6) is 0 Å². The quantitative estimate of drug-likeness (QED) is 0.310. The van der Waals surface area contributed by atoms with Gasteiger partial charge in [-0.3, -0.25) is 14.9 Å². The van der Waals surface area contributed by atoms with Gasteiger partial charge in [0.1, 0.15) is 0 Å². The van der Waals surface area contributed by atoms with E-state index in [1.165, 1.54) is 7.11 Å². The predicted molar refractivity (Wildman–Crippen MR) is 116 cm³/mol. The smallest absolute Gasteiger partial charge is 0.339 e. The first-order chi connectivity index (χ1) is 14.5. The SMILES string of the molecule is COC(=O)c1ccccc1NC(=O)CSc1nnc(NC(=O)c2ccccc2Cl)s1. The molecule has 0 bridgehead atoms.